The Balaban J connectivity index is 2.13. The molecule has 1 unspecified atom stereocenters. The van der Waals surface area contributed by atoms with Crippen LogP contribution >= 0.6 is 15.9 Å². The second-order valence-electron chi connectivity index (χ2n) is 5.36. The van der Waals surface area contributed by atoms with Crippen LogP contribution in [-0.4, -0.2) is 17.9 Å². The van der Waals surface area contributed by atoms with Crippen LogP contribution in [0.15, 0.2) is 59.1 Å². The van der Waals surface area contributed by atoms with Crippen LogP contribution in [0.3, 0.4) is 0 Å². The summed E-state index contributed by atoms with van der Waals surface area (Å²) < 4.78 is 1.02. The molecule has 0 aliphatic heterocycles. The van der Waals surface area contributed by atoms with Crippen molar-refractivity contribution in [2.45, 2.75) is 19.0 Å². The van der Waals surface area contributed by atoms with Crippen molar-refractivity contribution in [2.24, 2.45) is 5.73 Å². The number of nitrogens with zero attached hydrogens (tertiary/aromatic N) is 1. The quantitative estimate of drug-likeness (QED) is 0.923. The zero-order valence-corrected chi connectivity index (χ0v) is 13.8. The maximum Gasteiger partial charge on any atom is 0.247 e. The van der Waals surface area contributed by atoms with Gasteiger partial charge in [-0.15, -0.1) is 0 Å². The molecular formula is C17H19BrN2O. The Kier molecular flexibility index (Phi) is 4.80. The highest BCUT2D eigenvalue weighted by Gasteiger charge is 2.32. The number of carbonyl (C=O) groups is 1. The third kappa shape index (κ3) is 3.71. The molecule has 1 amide bonds. The molecule has 0 saturated heterocycles. The average molecular weight is 347 g/mol. The molecule has 0 aliphatic rings. The first-order chi connectivity index (χ1) is 9.91. The zero-order valence-electron chi connectivity index (χ0n) is 12.2. The van der Waals surface area contributed by atoms with E-state index < -0.39 is 5.54 Å². The van der Waals surface area contributed by atoms with Gasteiger partial charge in [-0.3, -0.25) is 4.79 Å². The Labute approximate surface area is 133 Å². The molecule has 21 heavy (non-hydrogen) atoms. The van der Waals surface area contributed by atoms with E-state index in [-0.39, 0.29) is 5.91 Å². The van der Waals surface area contributed by atoms with Gasteiger partial charge in [-0.25, -0.2) is 0 Å². The standard InChI is InChI=1S/C17H19BrN2O/c1-17(19,14-6-4-3-5-7-14)16(21)20(2)12-13-8-10-15(18)11-9-13/h3-11H,12,19H2,1-2H3. The SMILES string of the molecule is CN(Cc1ccc(Br)cc1)C(=O)C(C)(N)c1ccccc1. The minimum absolute atomic E-state index is 0.100. The van der Waals surface area contributed by atoms with Crippen LogP contribution in [0.2, 0.25) is 0 Å². The maximum absolute atomic E-state index is 12.6. The van der Waals surface area contributed by atoms with Gasteiger partial charge >= 0.3 is 0 Å². The number of likely N-dealkylation sites (N-methyl/N-ethyl adjacent to an activating group) is 1. The van der Waals surface area contributed by atoms with Crippen LogP contribution in [0, 0.1) is 0 Å². The van der Waals surface area contributed by atoms with Gasteiger partial charge in [0.15, 0.2) is 0 Å². The normalized spacial score (nSPS) is 13.5. The summed E-state index contributed by atoms with van der Waals surface area (Å²) >= 11 is 3.40. The van der Waals surface area contributed by atoms with Gasteiger partial charge in [-0.2, -0.15) is 0 Å². The first-order valence-electron chi connectivity index (χ1n) is 6.75. The molecule has 0 spiro atoms. The van der Waals surface area contributed by atoms with Crippen molar-refractivity contribution in [3.05, 3.63) is 70.2 Å². The predicted octanol–water partition coefficient (Wildman–Crippen LogP) is 3.28. The van der Waals surface area contributed by atoms with Gasteiger partial charge < -0.3 is 10.6 Å². The van der Waals surface area contributed by atoms with Gasteiger partial charge in [0.1, 0.15) is 5.54 Å². The van der Waals surface area contributed by atoms with Crippen LogP contribution in [0.5, 0.6) is 0 Å². The highest BCUT2D eigenvalue weighted by atomic mass is 79.9. The van der Waals surface area contributed by atoms with E-state index in [1.807, 2.05) is 54.6 Å². The Bertz CT molecular complexity index is 608. The van der Waals surface area contributed by atoms with Gasteiger partial charge in [0.2, 0.25) is 5.91 Å². The van der Waals surface area contributed by atoms with E-state index in [1.165, 1.54) is 0 Å². The van der Waals surface area contributed by atoms with Crippen LogP contribution in [0.1, 0.15) is 18.1 Å². The van der Waals surface area contributed by atoms with Gasteiger partial charge in [0, 0.05) is 18.1 Å². The predicted molar refractivity (Wildman–Crippen MR) is 88.6 cm³/mol. The van der Waals surface area contributed by atoms with Crippen LogP contribution in [0.25, 0.3) is 0 Å². The lowest BCUT2D eigenvalue weighted by Crippen LogP contribution is -2.49. The first-order valence-corrected chi connectivity index (χ1v) is 7.55. The smallest absolute Gasteiger partial charge is 0.247 e. The lowest BCUT2D eigenvalue weighted by molar-refractivity contribution is -0.136. The van der Waals surface area contributed by atoms with Gasteiger partial charge in [-0.05, 0) is 30.2 Å². The fraction of sp³-hybridized carbons (Fsp3) is 0.235. The summed E-state index contributed by atoms with van der Waals surface area (Å²) in [5, 5.41) is 0. The molecule has 2 aromatic rings. The molecule has 110 valence electrons. The minimum atomic E-state index is -1.02. The summed E-state index contributed by atoms with van der Waals surface area (Å²) in [6.45, 7) is 2.29. The number of benzene rings is 2. The van der Waals surface area contributed by atoms with E-state index >= 15 is 0 Å². The van der Waals surface area contributed by atoms with E-state index in [4.69, 9.17) is 5.73 Å². The number of carbonyl (C=O) groups excluding carboxylic acids is 1. The zero-order chi connectivity index (χ0) is 15.5. The minimum Gasteiger partial charge on any atom is -0.340 e. The van der Waals surface area contributed by atoms with Crippen molar-refractivity contribution < 1.29 is 4.79 Å². The van der Waals surface area contributed by atoms with E-state index in [2.05, 4.69) is 15.9 Å². The highest BCUT2D eigenvalue weighted by molar-refractivity contribution is 9.10. The molecule has 0 aromatic heterocycles. The summed E-state index contributed by atoms with van der Waals surface area (Å²) in [7, 11) is 1.78. The van der Waals surface area contributed by atoms with Crippen molar-refractivity contribution in [3.63, 3.8) is 0 Å². The fourth-order valence-corrected chi connectivity index (χ4v) is 2.50. The molecule has 0 bridgehead atoms. The molecule has 0 radical (unpaired) electrons. The van der Waals surface area contributed by atoms with Crippen LogP contribution in [-0.2, 0) is 16.9 Å². The second-order valence-corrected chi connectivity index (χ2v) is 6.27. The largest absolute Gasteiger partial charge is 0.340 e. The highest BCUT2D eigenvalue weighted by Crippen LogP contribution is 2.21. The Hall–Kier alpha value is -1.65. The average Bonchev–Trinajstić information content (AvgIpc) is 2.49. The number of amides is 1. The summed E-state index contributed by atoms with van der Waals surface area (Å²) in [4.78, 5) is 14.3. The molecule has 3 nitrogen and oxygen atoms in total. The van der Waals surface area contributed by atoms with E-state index in [0.29, 0.717) is 6.54 Å². The summed E-state index contributed by atoms with van der Waals surface area (Å²) in [6, 6.07) is 17.4. The second kappa shape index (κ2) is 6.41. The third-order valence-electron chi connectivity index (χ3n) is 3.50. The summed E-state index contributed by atoms with van der Waals surface area (Å²) in [6.07, 6.45) is 0. The van der Waals surface area contributed by atoms with Gasteiger partial charge in [0.05, 0.1) is 0 Å². The van der Waals surface area contributed by atoms with Gasteiger partial charge in [0.25, 0.3) is 0 Å². The van der Waals surface area contributed by atoms with Gasteiger partial charge in [-0.1, -0.05) is 58.4 Å². The van der Waals surface area contributed by atoms with Crippen LogP contribution < -0.4 is 5.73 Å². The third-order valence-corrected chi connectivity index (χ3v) is 4.03. The van der Waals surface area contributed by atoms with Crippen molar-refractivity contribution in [1.82, 2.24) is 4.90 Å². The molecule has 2 aromatic carbocycles. The van der Waals surface area contributed by atoms with Crippen molar-refractivity contribution in [1.29, 1.82) is 0 Å². The molecule has 2 N–H and O–H groups in total. The lowest BCUT2D eigenvalue weighted by atomic mass is 9.91. The number of hydrogen-bond acceptors (Lipinski definition) is 2. The maximum atomic E-state index is 12.6. The molecular weight excluding hydrogens is 328 g/mol. The number of hydrogen-bond donors (Lipinski definition) is 1. The van der Waals surface area contributed by atoms with E-state index in [9.17, 15) is 4.79 Å². The molecule has 2 rings (SSSR count). The molecule has 0 saturated carbocycles. The number of rotatable bonds is 4. The topological polar surface area (TPSA) is 46.3 Å². The van der Waals surface area contributed by atoms with E-state index in [1.54, 1.807) is 18.9 Å². The Morgan fingerprint density at radius 3 is 2.29 bits per heavy atom. The Morgan fingerprint density at radius 2 is 1.71 bits per heavy atom. The summed E-state index contributed by atoms with van der Waals surface area (Å²) in [5.74, 6) is -0.100. The fourth-order valence-electron chi connectivity index (χ4n) is 2.24. The molecule has 0 heterocycles. The Morgan fingerprint density at radius 1 is 1.14 bits per heavy atom. The summed E-state index contributed by atoms with van der Waals surface area (Å²) in [5.41, 5.74) is 7.12. The van der Waals surface area contributed by atoms with Crippen molar-refractivity contribution in [3.8, 4) is 0 Å². The molecule has 4 heteroatoms. The van der Waals surface area contributed by atoms with Crippen LogP contribution in [0.4, 0.5) is 0 Å². The number of halogens is 1. The number of nitrogens with two attached hydrogens (primary N) is 1. The van der Waals surface area contributed by atoms with Crippen molar-refractivity contribution in [2.75, 3.05) is 7.05 Å². The van der Waals surface area contributed by atoms with E-state index in [0.717, 1.165) is 15.6 Å². The van der Waals surface area contributed by atoms with Crippen molar-refractivity contribution >= 4 is 21.8 Å². The lowest BCUT2D eigenvalue weighted by Gasteiger charge is -2.29. The first kappa shape index (κ1) is 15.7. The molecule has 1 atom stereocenters. The monoisotopic (exact) mass is 346 g/mol. The molecule has 0 fully saturated rings. The molecule has 0 aliphatic carbocycles.